The lowest BCUT2D eigenvalue weighted by Gasteiger charge is -2.56. The second-order valence-electron chi connectivity index (χ2n) is 5.42. The second kappa shape index (κ2) is 3.70. The van der Waals surface area contributed by atoms with Gasteiger partial charge in [0.05, 0.1) is 6.61 Å². The zero-order chi connectivity index (χ0) is 11.3. The van der Waals surface area contributed by atoms with Crippen molar-refractivity contribution < 1.29 is 9.53 Å². The predicted molar refractivity (Wildman–Crippen MR) is 60.1 cm³/mol. The zero-order valence-electron chi connectivity index (χ0n) is 10.1. The topological polar surface area (TPSA) is 36.1 Å². The normalized spacial score (nSPS) is 38.2. The molecule has 0 aromatic carbocycles. The fraction of sp³-hybridized carbons (Fsp3) is 0.917. The Bertz CT molecular complexity index is 301. The van der Waals surface area contributed by atoms with E-state index in [-0.39, 0.29) is 12.0 Å². The molecule has 3 aliphatic heterocycles. The first-order valence-corrected chi connectivity index (χ1v) is 6.36. The molecule has 16 heavy (non-hydrogen) atoms. The molecule has 3 rings (SSSR count). The highest BCUT2D eigenvalue weighted by molar-refractivity contribution is 5.84. The van der Waals surface area contributed by atoms with Crippen LogP contribution in [0.2, 0.25) is 0 Å². The zero-order valence-corrected chi connectivity index (χ0v) is 10.1. The summed E-state index contributed by atoms with van der Waals surface area (Å²) in [7, 11) is 0. The Morgan fingerprint density at radius 2 is 2.12 bits per heavy atom. The van der Waals surface area contributed by atoms with Crippen molar-refractivity contribution in [2.24, 2.45) is 0 Å². The molecule has 0 aromatic rings. The predicted octanol–water partition coefficient (Wildman–Crippen LogP) is 0.469. The van der Waals surface area contributed by atoms with Gasteiger partial charge in [-0.2, -0.15) is 0 Å². The Morgan fingerprint density at radius 3 is 2.75 bits per heavy atom. The van der Waals surface area contributed by atoms with Gasteiger partial charge >= 0.3 is 0 Å². The van der Waals surface area contributed by atoms with E-state index >= 15 is 0 Å². The summed E-state index contributed by atoms with van der Waals surface area (Å²) in [6.07, 6.45) is 2.29. The molecular weight excluding hydrogens is 204 g/mol. The maximum Gasteiger partial charge on any atom is 0.254 e. The number of carbonyl (C=O) groups excluding carboxylic acids is 1. The SMILES string of the molecule is CC(C)N1CCCC2C1CN2C(=O)C1CO1. The van der Waals surface area contributed by atoms with Gasteiger partial charge in [-0.1, -0.05) is 0 Å². The van der Waals surface area contributed by atoms with Gasteiger partial charge < -0.3 is 9.64 Å². The molecule has 90 valence electrons. The molecule has 3 aliphatic rings. The summed E-state index contributed by atoms with van der Waals surface area (Å²) in [5, 5.41) is 0. The number of likely N-dealkylation sites (tertiary alicyclic amines) is 2. The average molecular weight is 224 g/mol. The van der Waals surface area contributed by atoms with Crippen LogP contribution in [0.15, 0.2) is 0 Å². The first-order chi connectivity index (χ1) is 7.68. The van der Waals surface area contributed by atoms with E-state index in [1.807, 2.05) is 4.90 Å². The van der Waals surface area contributed by atoms with Gasteiger partial charge in [-0.15, -0.1) is 0 Å². The van der Waals surface area contributed by atoms with E-state index in [4.69, 9.17) is 4.74 Å². The van der Waals surface area contributed by atoms with Gasteiger partial charge in [-0.3, -0.25) is 9.69 Å². The molecule has 3 fully saturated rings. The minimum Gasteiger partial charge on any atom is -0.363 e. The van der Waals surface area contributed by atoms with Crippen LogP contribution in [0.4, 0.5) is 0 Å². The lowest BCUT2D eigenvalue weighted by molar-refractivity contribution is -0.152. The van der Waals surface area contributed by atoms with Gasteiger partial charge in [0.2, 0.25) is 0 Å². The first kappa shape index (κ1) is 10.5. The third-order valence-electron chi connectivity index (χ3n) is 4.13. The van der Waals surface area contributed by atoms with Crippen molar-refractivity contribution >= 4 is 5.91 Å². The molecule has 4 heteroatoms. The second-order valence-corrected chi connectivity index (χ2v) is 5.42. The molecule has 0 aromatic heterocycles. The Hall–Kier alpha value is -0.610. The van der Waals surface area contributed by atoms with Gasteiger partial charge in [-0.05, 0) is 33.2 Å². The highest BCUT2D eigenvalue weighted by Crippen LogP contribution is 2.34. The van der Waals surface area contributed by atoms with Gasteiger partial charge in [0.25, 0.3) is 5.91 Å². The molecule has 0 spiro atoms. The van der Waals surface area contributed by atoms with Crippen molar-refractivity contribution in [2.45, 2.75) is 50.9 Å². The third-order valence-corrected chi connectivity index (χ3v) is 4.13. The smallest absolute Gasteiger partial charge is 0.254 e. The molecule has 3 atom stereocenters. The number of carbonyl (C=O) groups is 1. The van der Waals surface area contributed by atoms with Crippen molar-refractivity contribution in [3.05, 3.63) is 0 Å². The van der Waals surface area contributed by atoms with Crippen LogP contribution in [0.25, 0.3) is 0 Å². The van der Waals surface area contributed by atoms with Crippen LogP contribution in [0.5, 0.6) is 0 Å². The van der Waals surface area contributed by atoms with Crippen molar-refractivity contribution in [2.75, 3.05) is 19.7 Å². The van der Waals surface area contributed by atoms with E-state index in [2.05, 4.69) is 18.7 Å². The molecule has 3 unspecified atom stereocenters. The van der Waals surface area contributed by atoms with Crippen LogP contribution in [0.3, 0.4) is 0 Å². The maximum atomic E-state index is 11.9. The fourth-order valence-electron chi connectivity index (χ4n) is 3.12. The van der Waals surface area contributed by atoms with Crippen molar-refractivity contribution in [1.82, 2.24) is 9.80 Å². The molecular formula is C12H20N2O2. The molecule has 0 aliphatic carbocycles. The number of hydrogen-bond donors (Lipinski definition) is 0. The molecule has 4 nitrogen and oxygen atoms in total. The Balaban J connectivity index is 1.65. The minimum absolute atomic E-state index is 0.102. The van der Waals surface area contributed by atoms with Crippen molar-refractivity contribution in [3.63, 3.8) is 0 Å². The molecule has 0 N–H and O–H groups in total. The van der Waals surface area contributed by atoms with E-state index in [0.717, 1.165) is 6.54 Å². The number of rotatable bonds is 2. The maximum absolute atomic E-state index is 11.9. The number of epoxide rings is 1. The summed E-state index contributed by atoms with van der Waals surface area (Å²) in [5.41, 5.74) is 0. The number of amides is 1. The Morgan fingerprint density at radius 1 is 1.38 bits per heavy atom. The lowest BCUT2D eigenvalue weighted by atomic mass is 9.85. The van der Waals surface area contributed by atoms with Crippen molar-refractivity contribution in [1.29, 1.82) is 0 Å². The summed E-state index contributed by atoms with van der Waals surface area (Å²) in [4.78, 5) is 16.5. The summed E-state index contributed by atoms with van der Waals surface area (Å²) in [6, 6.07) is 1.67. The van der Waals surface area contributed by atoms with Gasteiger partial charge in [0.1, 0.15) is 0 Å². The number of nitrogens with zero attached hydrogens (tertiary/aromatic N) is 2. The van der Waals surface area contributed by atoms with Gasteiger partial charge in [0.15, 0.2) is 6.10 Å². The third kappa shape index (κ3) is 1.55. The van der Waals surface area contributed by atoms with Crippen molar-refractivity contribution in [3.8, 4) is 0 Å². The molecule has 3 saturated heterocycles. The van der Waals surface area contributed by atoms with Crippen LogP contribution in [0.1, 0.15) is 26.7 Å². The molecule has 0 radical (unpaired) electrons. The Kier molecular flexibility index (Phi) is 2.44. The van der Waals surface area contributed by atoms with Crippen LogP contribution < -0.4 is 0 Å². The summed E-state index contributed by atoms with van der Waals surface area (Å²) in [5.74, 6) is 0.229. The number of piperidine rings is 1. The summed E-state index contributed by atoms with van der Waals surface area (Å²) in [6.45, 7) is 7.25. The number of fused-ring (bicyclic) bond motifs is 1. The molecule has 1 amide bonds. The monoisotopic (exact) mass is 224 g/mol. The first-order valence-electron chi connectivity index (χ1n) is 6.36. The number of hydrogen-bond acceptors (Lipinski definition) is 3. The summed E-state index contributed by atoms with van der Waals surface area (Å²) >= 11 is 0. The lowest BCUT2D eigenvalue weighted by Crippen LogP contribution is -2.71. The van der Waals surface area contributed by atoms with Crippen LogP contribution in [-0.2, 0) is 9.53 Å². The quantitative estimate of drug-likeness (QED) is 0.640. The van der Waals surface area contributed by atoms with E-state index in [1.165, 1.54) is 19.4 Å². The van der Waals surface area contributed by atoms with Gasteiger partial charge in [-0.25, -0.2) is 0 Å². The fourth-order valence-corrected chi connectivity index (χ4v) is 3.12. The van der Waals surface area contributed by atoms with Crippen LogP contribution >= 0.6 is 0 Å². The summed E-state index contributed by atoms with van der Waals surface area (Å²) < 4.78 is 5.08. The average Bonchev–Trinajstić information content (AvgIpc) is 3.02. The molecule has 3 heterocycles. The largest absolute Gasteiger partial charge is 0.363 e. The standard InChI is InChI=1S/C12H20N2O2/c1-8(2)13-5-3-4-9-10(13)6-14(9)12(15)11-7-16-11/h8-11H,3-7H2,1-2H3. The Labute approximate surface area is 96.5 Å². The highest BCUT2D eigenvalue weighted by atomic mass is 16.6. The number of ether oxygens (including phenoxy) is 1. The highest BCUT2D eigenvalue weighted by Gasteiger charge is 2.50. The van der Waals surface area contributed by atoms with Crippen LogP contribution in [-0.4, -0.2) is 59.6 Å². The molecule has 0 bridgehead atoms. The van der Waals surface area contributed by atoms with Gasteiger partial charge in [0, 0.05) is 24.7 Å². The van der Waals surface area contributed by atoms with E-state index in [1.54, 1.807) is 0 Å². The van der Waals surface area contributed by atoms with E-state index in [0.29, 0.717) is 24.7 Å². The molecule has 0 saturated carbocycles. The van der Waals surface area contributed by atoms with E-state index in [9.17, 15) is 4.79 Å². The van der Waals surface area contributed by atoms with E-state index < -0.39 is 0 Å². The minimum atomic E-state index is -0.102. The van der Waals surface area contributed by atoms with Crippen LogP contribution in [0, 0.1) is 0 Å².